The van der Waals surface area contributed by atoms with Crippen LogP contribution in [0, 0.1) is 5.92 Å². The summed E-state index contributed by atoms with van der Waals surface area (Å²) >= 11 is 3.62. The SMILES string of the molecule is CC(C)C1CC(Br)CCO1. The number of hydrogen-bond acceptors (Lipinski definition) is 1. The van der Waals surface area contributed by atoms with Crippen molar-refractivity contribution in [1.29, 1.82) is 0 Å². The summed E-state index contributed by atoms with van der Waals surface area (Å²) in [4.78, 5) is 0.689. The summed E-state index contributed by atoms with van der Waals surface area (Å²) in [5.74, 6) is 0.667. The normalized spacial score (nSPS) is 34.8. The maximum atomic E-state index is 5.58. The number of ether oxygens (including phenoxy) is 1. The largest absolute Gasteiger partial charge is 0.378 e. The second-order valence-electron chi connectivity index (χ2n) is 3.27. The van der Waals surface area contributed by atoms with Crippen molar-refractivity contribution < 1.29 is 4.74 Å². The zero-order valence-corrected chi connectivity index (χ0v) is 8.23. The van der Waals surface area contributed by atoms with E-state index in [2.05, 4.69) is 29.8 Å². The third-order valence-corrected chi connectivity index (χ3v) is 2.83. The van der Waals surface area contributed by atoms with Gasteiger partial charge in [-0.3, -0.25) is 0 Å². The second-order valence-corrected chi connectivity index (χ2v) is 4.57. The van der Waals surface area contributed by atoms with E-state index in [9.17, 15) is 0 Å². The molecule has 0 N–H and O–H groups in total. The maximum Gasteiger partial charge on any atom is 0.0608 e. The first kappa shape index (κ1) is 8.54. The zero-order valence-electron chi connectivity index (χ0n) is 6.64. The van der Waals surface area contributed by atoms with Crippen molar-refractivity contribution in [2.24, 2.45) is 5.92 Å². The van der Waals surface area contributed by atoms with Crippen LogP contribution >= 0.6 is 15.9 Å². The summed E-state index contributed by atoms with van der Waals surface area (Å²) in [6, 6.07) is 0. The van der Waals surface area contributed by atoms with E-state index in [4.69, 9.17) is 4.74 Å². The fourth-order valence-electron chi connectivity index (χ4n) is 1.25. The third kappa shape index (κ3) is 2.24. The highest BCUT2D eigenvalue weighted by molar-refractivity contribution is 9.09. The summed E-state index contributed by atoms with van der Waals surface area (Å²) in [7, 11) is 0. The van der Waals surface area contributed by atoms with Crippen LogP contribution in [0.4, 0.5) is 0 Å². The van der Waals surface area contributed by atoms with E-state index >= 15 is 0 Å². The minimum atomic E-state index is 0.484. The summed E-state index contributed by atoms with van der Waals surface area (Å²) in [6.07, 6.45) is 2.83. The molecule has 0 bridgehead atoms. The maximum absolute atomic E-state index is 5.58. The fraction of sp³-hybridized carbons (Fsp3) is 1.00. The summed E-state index contributed by atoms with van der Waals surface area (Å²) in [5, 5.41) is 0. The first-order valence-electron chi connectivity index (χ1n) is 3.96. The first-order chi connectivity index (χ1) is 4.70. The number of rotatable bonds is 1. The van der Waals surface area contributed by atoms with Crippen LogP contribution in [0.3, 0.4) is 0 Å². The van der Waals surface area contributed by atoms with Crippen LogP contribution in [-0.4, -0.2) is 17.5 Å². The molecule has 0 aliphatic carbocycles. The van der Waals surface area contributed by atoms with E-state index in [-0.39, 0.29) is 0 Å². The third-order valence-electron chi connectivity index (χ3n) is 1.99. The highest BCUT2D eigenvalue weighted by Gasteiger charge is 2.22. The van der Waals surface area contributed by atoms with Gasteiger partial charge >= 0.3 is 0 Å². The first-order valence-corrected chi connectivity index (χ1v) is 4.87. The van der Waals surface area contributed by atoms with Crippen molar-refractivity contribution in [2.75, 3.05) is 6.61 Å². The molecule has 0 radical (unpaired) electrons. The summed E-state index contributed by atoms with van der Waals surface area (Å²) < 4.78 is 5.58. The molecule has 0 aromatic rings. The Kier molecular flexibility index (Phi) is 3.18. The van der Waals surface area contributed by atoms with Gasteiger partial charge < -0.3 is 4.74 Å². The molecule has 0 aromatic heterocycles. The molecule has 1 saturated heterocycles. The Hall–Kier alpha value is 0.440. The molecular formula is C8H15BrO. The van der Waals surface area contributed by atoms with Gasteiger partial charge in [0, 0.05) is 11.4 Å². The van der Waals surface area contributed by atoms with Crippen molar-refractivity contribution in [3.63, 3.8) is 0 Å². The highest BCUT2D eigenvalue weighted by atomic mass is 79.9. The molecule has 10 heavy (non-hydrogen) atoms. The standard InChI is InChI=1S/C8H15BrO/c1-6(2)8-5-7(9)3-4-10-8/h6-8H,3-5H2,1-2H3. The van der Waals surface area contributed by atoms with Gasteiger partial charge in [0.05, 0.1) is 6.10 Å². The van der Waals surface area contributed by atoms with Crippen LogP contribution in [-0.2, 0) is 4.74 Å². The quantitative estimate of drug-likeness (QED) is 0.600. The molecule has 1 heterocycles. The molecule has 1 aliphatic heterocycles. The average molecular weight is 207 g/mol. The molecule has 2 unspecified atom stereocenters. The monoisotopic (exact) mass is 206 g/mol. The van der Waals surface area contributed by atoms with Crippen molar-refractivity contribution in [2.45, 2.75) is 37.6 Å². The lowest BCUT2D eigenvalue weighted by atomic mass is 9.99. The lowest BCUT2D eigenvalue weighted by Crippen LogP contribution is -2.29. The Labute approximate surface area is 71.3 Å². The molecule has 60 valence electrons. The highest BCUT2D eigenvalue weighted by Crippen LogP contribution is 2.24. The van der Waals surface area contributed by atoms with Gasteiger partial charge in [-0.25, -0.2) is 0 Å². The van der Waals surface area contributed by atoms with Gasteiger partial charge in [-0.05, 0) is 18.8 Å². The van der Waals surface area contributed by atoms with E-state index in [1.165, 1.54) is 12.8 Å². The van der Waals surface area contributed by atoms with Crippen LogP contribution < -0.4 is 0 Å². The molecule has 1 fully saturated rings. The van der Waals surface area contributed by atoms with Gasteiger partial charge in [-0.15, -0.1) is 0 Å². The number of hydrogen-bond donors (Lipinski definition) is 0. The predicted octanol–water partition coefficient (Wildman–Crippen LogP) is 2.58. The summed E-state index contributed by atoms with van der Waals surface area (Å²) in [5.41, 5.74) is 0. The molecule has 1 rings (SSSR count). The molecule has 0 spiro atoms. The average Bonchev–Trinajstić information content (AvgIpc) is 1.88. The molecule has 1 nitrogen and oxygen atoms in total. The Morgan fingerprint density at radius 3 is 2.60 bits per heavy atom. The van der Waals surface area contributed by atoms with Crippen LogP contribution in [0.2, 0.25) is 0 Å². The lowest BCUT2D eigenvalue weighted by Gasteiger charge is -2.28. The van der Waals surface area contributed by atoms with E-state index in [1.54, 1.807) is 0 Å². The van der Waals surface area contributed by atoms with Crippen LogP contribution in [0.1, 0.15) is 26.7 Å². The van der Waals surface area contributed by atoms with E-state index in [0.717, 1.165) is 6.61 Å². The molecule has 2 heteroatoms. The van der Waals surface area contributed by atoms with Gasteiger partial charge in [-0.2, -0.15) is 0 Å². The van der Waals surface area contributed by atoms with E-state index < -0.39 is 0 Å². The van der Waals surface area contributed by atoms with Crippen LogP contribution in [0.5, 0.6) is 0 Å². The smallest absolute Gasteiger partial charge is 0.0608 e. The molecule has 0 aromatic carbocycles. The Morgan fingerprint density at radius 2 is 2.20 bits per heavy atom. The Balaban J connectivity index is 2.32. The van der Waals surface area contributed by atoms with E-state index in [0.29, 0.717) is 16.8 Å². The Morgan fingerprint density at radius 1 is 1.50 bits per heavy atom. The van der Waals surface area contributed by atoms with E-state index in [1.807, 2.05) is 0 Å². The second kappa shape index (κ2) is 3.72. The van der Waals surface area contributed by atoms with Crippen LogP contribution in [0.15, 0.2) is 0 Å². The van der Waals surface area contributed by atoms with Crippen molar-refractivity contribution in [3.05, 3.63) is 0 Å². The number of halogens is 1. The lowest BCUT2D eigenvalue weighted by molar-refractivity contribution is -0.00815. The number of alkyl halides is 1. The van der Waals surface area contributed by atoms with Gasteiger partial charge in [0.1, 0.15) is 0 Å². The van der Waals surface area contributed by atoms with Gasteiger partial charge in [0.2, 0.25) is 0 Å². The fourth-order valence-corrected chi connectivity index (χ4v) is 1.81. The summed E-state index contributed by atoms with van der Waals surface area (Å²) in [6.45, 7) is 5.37. The van der Waals surface area contributed by atoms with Gasteiger partial charge in [0.15, 0.2) is 0 Å². The topological polar surface area (TPSA) is 9.23 Å². The minimum absolute atomic E-state index is 0.484. The molecular weight excluding hydrogens is 192 g/mol. The van der Waals surface area contributed by atoms with Crippen molar-refractivity contribution in [1.82, 2.24) is 0 Å². The zero-order chi connectivity index (χ0) is 7.56. The van der Waals surface area contributed by atoms with Gasteiger partial charge in [0.25, 0.3) is 0 Å². The molecule has 0 amide bonds. The van der Waals surface area contributed by atoms with Crippen molar-refractivity contribution >= 4 is 15.9 Å². The minimum Gasteiger partial charge on any atom is -0.378 e. The van der Waals surface area contributed by atoms with Crippen molar-refractivity contribution in [3.8, 4) is 0 Å². The molecule has 2 atom stereocenters. The Bertz CT molecular complexity index is 103. The van der Waals surface area contributed by atoms with Crippen LogP contribution in [0.25, 0.3) is 0 Å². The predicted molar refractivity (Wildman–Crippen MR) is 46.5 cm³/mol. The molecule has 1 aliphatic rings. The van der Waals surface area contributed by atoms with Gasteiger partial charge in [-0.1, -0.05) is 29.8 Å². The molecule has 0 saturated carbocycles.